The molecule has 0 aliphatic carbocycles. The van der Waals surface area contributed by atoms with Crippen LogP contribution in [-0.4, -0.2) is 54.0 Å². The van der Waals surface area contributed by atoms with E-state index in [0.717, 1.165) is 12.8 Å². The van der Waals surface area contributed by atoms with Crippen LogP contribution in [0.4, 0.5) is 0 Å². The molecule has 18 heavy (non-hydrogen) atoms. The first-order chi connectivity index (χ1) is 8.52. The molecule has 1 saturated heterocycles. The molecule has 6 nitrogen and oxygen atoms in total. The topological polar surface area (TPSA) is 83.9 Å². The van der Waals surface area contributed by atoms with Gasteiger partial charge in [0.1, 0.15) is 6.04 Å². The number of Topliss-reactive ketones (excluding diaryl/α,β-unsaturated/α-hetero) is 1. The number of aliphatic hydroxyl groups excluding tert-OH is 1. The highest BCUT2D eigenvalue weighted by molar-refractivity contribution is 6.42. The minimum atomic E-state index is -0.853. The predicted molar refractivity (Wildman–Crippen MR) is 62.6 cm³/mol. The molecule has 0 spiro atoms. The second-order valence-corrected chi connectivity index (χ2v) is 4.12. The first kappa shape index (κ1) is 14.4. The van der Waals surface area contributed by atoms with Gasteiger partial charge in [0.05, 0.1) is 13.7 Å². The second kappa shape index (κ2) is 6.30. The van der Waals surface area contributed by atoms with E-state index < -0.39 is 30.3 Å². The summed E-state index contributed by atoms with van der Waals surface area (Å²) in [6, 6.07) is -0.716. The van der Waals surface area contributed by atoms with Crippen molar-refractivity contribution in [3.05, 3.63) is 12.2 Å². The van der Waals surface area contributed by atoms with Crippen molar-refractivity contribution in [3.8, 4) is 0 Å². The Balaban J connectivity index is 2.83. The van der Waals surface area contributed by atoms with E-state index in [1.165, 1.54) is 12.0 Å². The van der Waals surface area contributed by atoms with Crippen LogP contribution in [0.5, 0.6) is 0 Å². The first-order valence-corrected chi connectivity index (χ1v) is 5.74. The van der Waals surface area contributed by atoms with Gasteiger partial charge < -0.3 is 14.7 Å². The van der Waals surface area contributed by atoms with Crippen LogP contribution in [0.3, 0.4) is 0 Å². The lowest BCUT2D eigenvalue weighted by atomic mass is 10.0. The Morgan fingerprint density at radius 2 is 2.06 bits per heavy atom. The Morgan fingerprint density at radius 1 is 1.39 bits per heavy atom. The number of ketones is 1. The molecule has 1 aliphatic heterocycles. The Kier molecular flexibility index (Phi) is 5.03. The van der Waals surface area contributed by atoms with Gasteiger partial charge in [-0.2, -0.15) is 0 Å². The normalized spacial score (nSPS) is 19.2. The maximum Gasteiger partial charge on any atom is 0.328 e. The number of nitrogens with zero attached hydrogens (tertiary/aromatic N) is 1. The third-order valence-corrected chi connectivity index (χ3v) is 2.94. The van der Waals surface area contributed by atoms with Gasteiger partial charge in [0, 0.05) is 12.1 Å². The van der Waals surface area contributed by atoms with E-state index >= 15 is 0 Å². The number of aliphatic hydroxyl groups is 1. The summed E-state index contributed by atoms with van der Waals surface area (Å²) in [6.45, 7) is 3.08. The third-order valence-electron chi connectivity index (χ3n) is 2.94. The lowest BCUT2D eigenvalue weighted by Gasteiger charge is -2.33. The molecule has 0 aromatic carbocycles. The molecule has 1 aliphatic rings. The molecule has 1 atom stereocenters. The van der Waals surface area contributed by atoms with Crippen molar-refractivity contribution in [2.45, 2.75) is 25.3 Å². The minimum absolute atomic E-state index is 0.172. The summed E-state index contributed by atoms with van der Waals surface area (Å²) < 4.78 is 4.62. The number of carbonyl (C=O) groups excluding carboxylic acids is 3. The fourth-order valence-electron chi connectivity index (χ4n) is 1.91. The maximum absolute atomic E-state index is 11.9. The van der Waals surface area contributed by atoms with E-state index in [-0.39, 0.29) is 5.57 Å². The molecule has 0 radical (unpaired) electrons. The van der Waals surface area contributed by atoms with E-state index in [2.05, 4.69) is 11.3 Å². The van der Waals surface area contributed by atoms with E-state index in [0.29, 0.717) is 13.0 Å². The second-order valence-electron chi connectivity index (χ2n) is 4.12. The van der Waals surface area contributed by atoms with Crippen LogP contribution in [0.25, 0.3) is 0 Å². The van der Waals surface area contributed by atoms with E-state index in [1.807, 2.05) is 0 Å². The van der Waals surface area contributed by atoms with E-state index in [9.17, 15) is 14.4 Å². The number of carbonyl (C=O) groups is 3. The smallest absolute Gasteiger partial charge is 0.328 e. The zero-order valence-corrected chi connectivity index (χ0v) is 10.3. The van der Waals surface area contributed by atoms with Gasteiger partial charge in [-0.05, 0) is 19.3 Å². The number of ether oxygens (including phenoxy) is 1. The number of amides is 1. The van der Waals surface area contributed by atoms with Gasteiger partial charge in [0.15, 0.2) is 0 Å². The standard InChI is InChI=1S/C12H17NO5/c1-8(7-14)10(15)11(16)13-6-4-3-5-9(13)12(17)18-2/h9,14H,1,3-7H2,2H3. The molecule has 0 aromatic rings. The molecule has 1 fully saturated rings. The lowest BCUT2D eigenvalue weighted by molar-refractivity contribution is -0.156. The summed E-state index contributed by atoms with van der Waals surface area (Å²) in [5, 5.41) is 8.79. The van der Waals surface area contributed by atoms with Crippen molar-refractivity contribution in [2.75, 3.05) is 20.3 Å². The van der Waals surface area contributed by atoms with Crippen molar-refractivity contribution in [1.29, 1.82) is 0 Å². The number of hydrogen-bond donors (Lipinski definition) is 1. The summed E-state index contributed by atoms with van der Waals surface area (Å²) in [5.74, 6) is -2.18. The molecule has 100 valence electrons. The van der Waals surface area contributed by atoms with Crippen molar-refractivity contribution in [3.63, 3.8) is 0 Å². The molecule has 0 bridgehead atoms. The minimum Gasteiger partial charge on any atom is -0.467 e. The lowest BCUT2D eigenvalue weighted by Crippen LogP contribution is -2.51. The molecule has 1 unspecified atom stereocenters. The van der Waals surface area contributed by atoms with Crippen molar-refractivity contribution in [2.24, 2.45) is 0 Å². The van der Waals surface area contributed by atoms with Gasteiger partial charge in [0.25, 0.3) is 5.91 Å². The van der Waals surface area contributed by atoms with E-state index in [1.54, 1.807) is 0 Å². The fraction of sp³-hybridized carbons (Fsp3) is 0.583. The van der Waals surface area contributed by atoms with Gasteiger partial charge in [-0.1, -0.05) is 6.58 Å². The highest BCUT2D eigenvalue weighted by Crippen LogP contribution is 2.19. The van der Waals surface area contributed by atoms with Crippen LogP contribution in [0.2, 0.25) is 0 Å². The zero-order chi connectivity index (χ0) is 13.7. The summed E-state index contributed by atoms with van der Waals surface area (Å²) in [6.07, 6.45) is 2.02. The number of esters is 1. The van der Waals surface area contributed by atoms with Crippen molar-refractivity contribution >= 4 is 17.7 Å². The highest BCUT2D eigenvalue weighted by Gasteiger charge is 2.36. The van der Waals surface area contributed by atoms with Crippen LogP contribution >= 0.6 is 0 Å². The zero-order valence-electron chi connectivity index (χ0n) is 10.3. The molecule has 1 rings (SSSR count). The molecule has 0 saturated carbocycles. The van der Waals surface area contributed by atoms with Crippen LogP contribution in [0.15, 0.2) is 12.2 Å². The molecule has 0 aromatic heterocycles. The molecule has 1 amide bonds. The van der Waals surface area contributed by atoms with Crippen molar-refractivity contribution in [1.82, 2.24) is 4.90 Å². The third kappa shape index (κ3) is 2.95. The van der Waals surface area contributed by atoms with Gasteiger partial charge >= 0.3 is 5.97 Å². The number of piperidine rings is 1. The van der Waals surface area contributed by atoms with Gasteiger partial charge in [-0.15, -0.1) is 0 Å². The fourth-order valence-corrected chi connectivity index (χ4v) is 1.91. The Bertz CT molecular complexity index is 377. The largest absolute Gasteiger partial charge is 0.467 e. The van der Waals surface area contributed by atoms with Crippen LogP contribution in [0, 0.1) is 0 Å². The Morgan fingerprint density at radius 3 is 2.61 bits per heavy atom. The Labute approximate surface area is 105 Å². The quantitative estimate of drug-likeness (QED) is 0.422. The molecule has 1 heterocycles. The average molecular weight is 255 g/mol. The molecular formula is C12H17NO5. The summed E-state index contributed by atoms with van der Waals surface area (Å²) in [7, 11) is 1.24. The van der Waals surface area contributed by atoms with Gasteiger partial charge in [-0.3, -0.25) is 9.59 Å². The van der Waals surface area contributed by atoms with Crippen LogP contribution in [-0.2, 0) is 19.1 Å². The summed E-state index contributed by atoms with van der Waals surface area (Å²) in [5.41, 5.74) is -0.172. The van der Waals surface area contributed by atoms with E-state index in [4.69, 9.17) is 5.11 Å². The van der Waals surface area contributed by atoms with Gasteiger partial charge in [0.2, 0.25) is 5.78 Å². The predicted octanol–water partition coefficient (Wildman–Crippen LogP) is -0.342. The molecule has 1 N–H and O–H groups in total. The van der Waals surface area contributed by atoms with Gasteiger partial charge in [-0.25, -0.2) is 4.79 Å². The summed E-state index contributed by atoms with van der Waals surface area (Å²) in [4.78, 5) is 36.3. The monoisotopic (exact) mass is 255 g/mol. The van der Waals surface area contributed by atoms with Crippen LogP contribution in [0.1, 0.15) is 19.3 Å². The highest BCUT2D eigenvalue weighted by atomic mass is 16.5. The maximum atomic E-state index is 11.9. The number of hydrogen-bond acceptors (Lipinski definition) is 5. The van der Waals surface area contributed by atoms with Crippen LogP contribution < -0.4 is 0 Å². The first-order valence-electron chi connectivity index (χ1n) is 5.74. The molecule has 6 heteroatoms. The number of likely N-dealkylation sites (tertiary alicyclic amines) is 1. The Hall–Kier alpha value is -1.69. The molecular weight excluding hydrogens is 238 g/mol. The SMILES string of the molecule is C=C(CO)C(=O)C(=O)N1CCCCC1C(=O)OC. The average Bonchev–Trinajstić information content (AvgIpc) is 2.43. The number of methoxy groups -OCH3 is 1. The van der Waals surface area contributed by atoms with Crippen molar-refractivity contribution < 1.29 is 24.2 Å². The number of rotatable bonds is 4. The summed E-state index contributed by atoms with van der Waals surface area (Å²) >= 11 is 0.